The van der Waals surface area contributed by atoms with Crippen molar-refractivity contribution in [1.82, 2.24) is 10.3 Å². The maximum atomic E-state index is 15.0. The first-order chi connectivity index (χ1) is 16.5. The summed E-state index contributed by atoms with van der Waals surface area (Å²) in [6.45, 7) is 0.540. The van der Waals surface area contributed by atoms with Gasteiger partial charge in [0.2, 0.25) is 0 Å². The molecule has 0 radical (unpaired) electrons. The molecule has 0 bridgehead atoms. The average molecular weight is 557 g/mol. The van der Waals surface area contributed by atoms with Gasteiger partial charge in [-0.2, -0.15) is 13.2 Å². The van der Waals surface area contributed by atoms with Crippen LogP contribution in [0.25, 0.3) is 0 Å². The Labute approximate surface area is 204 Å². The van der Waals surface area contributed by atoms with Crippen LogP contribution >= 0.6 is 15.9 Å². The first-order valence-corrected chi connectivity index (χ1v) is 11.6. The van der Waals surface area contributed by atoms with Crippen molar-refractivity contribution in [3.63, 3.8) is 0 Å². The van der Waals surface area contributed by atoms with Crippen molar-refractivity contribution >= 4 is 39.6 Å². The third kappa shape index (κ3) is 4.11. The number of nitrogens with zero attached hydrogens (tertiary/aromatic N) is 3. The molecule has 5 rings (SSSR count). The van der Waals surface area contributed by atoms with Gasteiger partial charge >= 0.3 is 6.18 Å². The number of amidine groups is 1. The molecular weight excluding hydrogens is 539 g/mol. The van der Waals surface area contributed by atoms with E-state index in [1.54, 1.807) is 11.0 Å². The lowest BCUT2D eigenvalue weighted by atomic mass is 9.87. The van der Waals surface area contributed by atoms with Crippen molar-refractivity contribution in [1.29, 1.82) is 0 Å². The predicted octanol–water partition coefficient (Wildman–Crippen LogP) is 4.69. The molecule has 1 amide bonds. The Morgan fingerprint density at radius 3 is 2.40 bits per heavy atom. The van der Waals surface area contributed by atoms with E-state index >= 15 is 0 Å². The fraction of sp³-hybridized carbons (Fsp3) is 0.391. The van der Waals surface area contributed by atoms with Crippen LogP contribution in [0.2, 0.25) is 0 Å². The van der Waals surface area contributed by atoms with Crippen LogP contribution in [0.15, 0.2) is 33.7 Å². The van der Waals surface area contributed by atoms with Gasteiger partial charge in [-0.3, -0.25) is 14.6 Å². The Kier molecular flexibility index (Phi) is 5.50. The van der Waals surface area contributed by atoms with Crippen LogP contribution in [0.1, 0.15) is 53.0 Å². The topological polar surface area (TPSA) is 74.7 Å². The molecule has 12 heteroatoms. The van der Waals surface area contributed by atoms with Crippen molar-refractivity contribution in [3.8, 4) is 0 Å². The molecule has 3 aliphatic rings. The molecule has 1 saturated carbocycles. The minimum atomic E-state index is -4.74. The fourth-order valence-corrected chi connectivity index (χ4v) is 4.96. The van der Waals surface area contributed by atoms with Gasteiger partial charge in [-0.25, -0.2) is 13.8 Å². The van der Waals surface area contributed by atoms with E-state index in [4.69, 9.17) is 0 Å². The van der Waals surface area contributed by atoms with Gasteiger partial charge in [-0.1, -0.05) is 15.9 Å². The molecule has 1 spiro atoms. The molecule has 35 heavy (non-hydrogen) atoms. The third-order valence-electron chi connectivity index (χ3n) is 6.66. The van der Waals surface area contributed by atoms with Gasteiger partial charge in [0.1, 0.15) is 22.9 Å². The normalized spacial score (nSPS) is 20.6. The fourth-order valence-electron chi connectivity index (χ4n) is 4.55. The van der Waals surface area contributed by atoms with Crippen LogP contribution in [0, 0.1) is 5.82 Å². The maximum absolute atomic E-state index is 15.0. The first kappa shape index (κ1) is 23.8. The Bertz CT molecular complexity index is 1270. The van der Waals surface area contributed by atoms with E-state index in [2.05, 4.69) is 31.2 Å². The second kappa shape index (κ2) is 8.07. The smallest absolute Gasteiger partial charge is 0.371 e. The van der Waals surface area contributed by atoms with E-state index < -0.39 is 34.8 Å². The molecule has 1 aromatic heterocycles. The number of benzene rings is 1. The summed E-state index contributed by atoms with van der Waals surface area (Å²) in [5, 5.41) is 2.61. The monoisotopic (exact) mass is 556 g/mol. The second-order valence-electron chi connectivity index (χ2n) is 8.93. The standard InChI is InChI=1S/C23H18BrF5N4O2/c24-12-9-15(25)14(11-34)16(10-12)33-7-5-22(6-8-33)20(35)31-19(32-22)13-1-2-17(23(27,28)29)30-18(13)21(26)3-4-21/h1-2,9-11H,3-8H2,(H,31,32,35). The number of rotatable bonds is 4. The molecule has 1 aromatic carbocycles. The van der Waals surface area contributed by atoms with E-state index in [1.165, 1.54) is 6.07 Å². The summed E-state index contributed by atoms with van der Waals surface area (Å²) in [6, 6.07) is 4.64. The van der Waals surface area contributed by atoms with Gasteiger partial charge in [0.25, 0.3) is 5.91 Å². The predicted molar refractivity (Wildman–Crippen MR) is 120 cm³/mol. The number of aliphatic imine (C=N–C) groups is 1. The highest BCUT2D eigenvalue weighted by atomic mass is 79.9. The molecule has 1 N–H and O–H groups in total. The summed E-state index contributed by atoms with van der Waals surface area (Å²) >= 11 is 3.22. The third-order valence-corrected chi connectivity index (χ3v) is 7.11. The van der Waals surface area contributed by atoms with E-state index in [1.807, 2.05) is 0 Å². The van der Waals surface area contributed by atoms with E-state index in [-0.39, 0.29) is 61.4 Å². The maximum Gasteiger partial charge on any atom is 0.433 e. The van der Waals surface area contributed by atoms with Crippen LogP contribution in [0.4, 0.5) is 27.6 Å². The highest BCUT2D eigenvalue weighted by molar-refractivity contribution is 9.10. The van der Waals surface area contributed by atoms with Crippen LogP contribution in [0.3, 0.4) is 0 Å². The molecule has 184 valence electrons. The molecule has 6 nitrogen and oxygen atoms in total. The zero-order chi connectivity index (χ0) is 25.2. The van der Waals surface area contributed by atoms with E-state index in [0.717, 1.165) is 12.1 Å². The Morgan fingerprint density at radius 1 is 1.11 bits per heavy atom. The lowest BCUT2D eigenvalue weighted by Gasteiger charge is -2.37. The largest absolute Gasteiger partial charge is 0.433 e. The van der Waals surface area contributed by atoms with Crippen molar-refractivity contribution in [2.45, 2.75) is 43.1 Å². The number of pyridine rings is 1. The molecular formula is C23H18BrF5N4O2. The Hall–Kier alpha value is -2.89. The van der Waals surface area contributed by atoms with Crippen LogP contribution in [-0.4, -0.2) is 41.6 Å². The second-order valence-corrected chi connectivity index (χ2v) is 9.84. The number of anilines is 1. The lowest BCUT2D eigenvalue weighted by molar-refractivity contribution is -0.141. The van der Waals surface area contributed by atoms with Gasteiger partial charge in [-0.15, -0.1) is 0 Å². The molecule has 2 aliphatic heterocycles. The minimum Gasteiger partial charge on any atom is -0.371 e. The van der Waals surface area contributed by atoms with Crippen molar-refractivity contribution in [3.05, 3.63) is 57.1 Å². The Balaban J connectivity index is 1.45. The number of alkyl halides is 4. The first-order valence-electron chi connectivity index (χ1n) is 10.8. The number of piperidine rings is 1. The molecule has 2 aromatic rings. The van der Waals surface area contributed by atoms with Gasteiger partial charge in [0, 0.05) is 23.1 Å². The van der Waals surface area contributed by atoms with Crippen molar-refractivity contribution in [2.75, 3.05) is 18.0 Å². The Morgan fingerprint density at radius 2 is 1.80 bits per heavy atom. The average Bonchev–Trinajstić information content (AvgIpc) is 3.48. The van der Waals surface area contributed by atoms with E-state index in [0.29, 0.717) is 16.4 Å². The number of hydrogen-bond donors (Lipinski definition) is 1. The van der Waals surface area contributed by atoms with Gasteiger partial charge in [-0.05, 0) is 49.9 Å². The number of aldehydes is 1. The molecule has 1 saturated heterocycles. The number of nitrogens with one attached hydrogen (secondary N) is 1. The quantitative estimate of drug-likeness (QED) is 0.438. The van der Waals surface area contributed by atoms with Gasteiger partial charge in [0.15, 0.2) is 12.0 Å². The van der Waals surface area contributed by atoms with Crippen molar-refractivity contribution < 1.29 is 31.5 Å². The van der Waals surface area contributed by atoms with Crippen molar-refractivity contribution in [2.24, 2.45) is 4.99 Å². The summed E-state index contributed by atoms with van der Waals surface area (Å²) in [5.74, 6) is -1.13. The number of hydrogen-bond acceptors (Lipinski definition) is 5. The lowest BCUT2D eigenvalue weighted by Crippen LogP contribution is -2.49. The SMILES string of the molecule is O=Cc1c(F)cc(Br)cc1N1CCC2(CC1)N=C(c1ccc(C(F)(F)F)nc1C1(F)CC1)NC2=O. The molecule has 0 unspecified atom stereocenters. The summed E-state index contributed by atoms with van der Waals surface area (Å²) in [4.78, 5) is 34.2. The summed E-state index contributed by atoms with van der Waals surface area (Å²) in [5.41, 5.74) is -4.46. The summed E-state index contributed by atoms with van der Waals surface area (Å²) in [6.07, 6.45) is -3.81. The highest BCUT2D eigenvalue weighted by Crippen LogP contribution is 2.50. The zero-order valence-electron chi connectivity index (χ0n) is 18.1. The van der Waals surface area contributed by atoms with E-state index in [9.17, 15) is 31.5 Å². The zero-order valence-corrected chi connectivity index (χ0v) is 19.6. The number of aromatic nitrogens is 1. The number of carbonyl (C=O) groups is 2. The minimum absolute atomic E-state index is 0.00863. The number of carbonyl (C=O) groups excluding carboxylic acids is 2. The van der Waals surface area contributed by atoms with Gasteiger partial charge in [0.05, 0.1) is 16.9 Å². The molecule has 3 heterocycles. The molecule has 2 fully saturated rings. The molecule has 0 atom stereocenters. The number of halogens is 6. The summed E-state index contributed by atoms with van der Waals surface area (Å²) < 4.78 is 69.2. The highest BCUT2D eigenvalue weighted by Gasteiger charge is 2.52. The van der Waals surface area contributed by atoms with Crippen LogP contribution in [0.5, 0.6) is 0 Å². The van der Waals surface area contributed by atoms with Crippen LogP contribution < -0.4 is 10.2 Å². The van der Waals surface area contributed by atoms with Gasteiger partial charge < -0.3 is 10.2 Å². The summed E-state index contributed by atoms with van der Waals surface area (Å²) in [7, 11) is 0. The number of amides is 1. The molecule has 1 aliphatic carbocycles. The van der Waals surface area contributed by atoms with Crippen LogP contribution in [-0.2, 0) is 16.6 Å².